The third-order valence-corrected chi connectivity index (χ3v) is 4.89. The van der Waals surface area contributed by atoms with Crippen molar-refractivity contribution in [3.05, 3.63) is 64.4 Å². The number of halogens is 2. The van der Waals surface area contributed by atoms with Gasteiger partial charge in [-0.3, -0.25) is 4.90 Å². The smallest absolute Gasteiger partial charge is 0.191 e. The molecule has 1 aromatic carbocycles. The molecule has 0 aliphatic rings. The number of hydrogen-bond donors (Lipinski definition) is 2. The van der Waals surface area contributed by atoms with E-state index in [4.69, 9.17) is 16.6 Å². The van der Waals surface area contributed by atoms with Gasteiger partial charge in [0.25, 0.3) is 0 Å². The lowest BCUT2D eigenvalue weighted by Crippen LogP contribution is -2.38. The fourth-order valence-corrected chi connectivity index (χ4v) is 2.81. The summed E-state index contributed by atoms with van der Waals surface area (Å²) in [6, 6.07) is 12.9. The molecule has 2 N–H and O–H groups in total. The van der Waals surface area contributed by atoms with E-state index >= 15 is 0 Å². The molecule has 0 atom stereocenters. The minimum absolute atomic E-state index is 0. The molecule has 0 bridgehead atoms. The third kappa shape index (κ3) is 9.31. The Morgan fingerprint density at radius 1 is 1.14 bits per heavy atom. The van der Waals surface area contributed by atoms with Crippen LogP contribution in [0.4, 0.5) is 0 Å². The second-order valence-corrected chi connectivity index (χ2v) is 7.53. The van der Waals surface area contributed by atoms with Gasteiger partial charge in [0.15, 0.2) is 5.96 Å². The Kier molecular flexibility index (Phi) is 12.2. The Labute approximate surface area is 197 Å². The van der Waals surface area contributed by atoms with E-state index < -0.39 is 0 Å². The largest absolute Gasteiger partial charge is 0.357 e. The Bertz CT molecular complexity index is 749. The van der Waals surface area contributed by atoms with Crippen LogP contribution in [0.15, 0.2) is 47.6 Å². The quantitative estimate of drug-likeness (QED) is 0.218. The van der Waals surface area contributed by atoms with Gasteiger partial charge in [0.2, 0.25) is 0 Å². The summed E-state index contributed by atoms with van der Waals surface area (Å²) in [6.07, 6.45) is 2.68. The molecule has 0 amide bonds. The van der Waals surface area contributed by atoms with Crippen molar-refractivity contribution in [2.45, 2.75) is 46.3 Å². The molecule has 0 unspecified atom stereocenters. The molecule has 2 aromatic rings. The lowest BCUT2D eigenvalue weighted by Gasteiger charge is -2.22. The normalized spacial score (nSPS) is 11.5. The van der Waals surface area contributed by atoms with Crippen molar-refractivity contribution in [3.8, 4) is 0 Å². The molecule has 0 saturated carbocycles. The number of benzene rings is 1. The second kappa shape index (κ2) is 13.8. The maximum atomic E-state index is 5.84. The van der Waals surface area contributed by atoms with Crippen LogP contribution < -0.4 is 10.6 Å². The van der Waals surface area contributed by atoms with E-state index in [9.17, 15) is 0 Å². The van der Waals surface area contributed by atoms with E-state index in [1.54, 1.807) is 0 Å². The van der Waals surface area contributed by atoms with Gasteiger partial charge in [0.1, 0.15) is 5.15 Å². The highest BCUT2D eigenvalue weighted by Gasteiger charge is 2.08. The highest BCUT2D eigenvalue weighted by molar-refractivity contribution is 14.0. The Morgan fingerprint density at radius 3 is 2.48 bits per heavy atom. The van der Waals surface area contributed by atoms with Crippen molar-refractivity contribution in [2.75, 3.05) is 20.1 Å². The fourth-order valence-electron chi connectivity index (χ4n) is 2.70. The molecule has 29 heavy (non-hydrogen) atoms. The van der Waals surface area contributed by atoms with Crippen LogP contribution in [0.3, 0.4) is 0 Å². The number of rotatable bonds is 9. The van der Waals surface area contributed by atoms with Crippen molar-refractivity contribution in [1.82, 2.24) is 20.5 Å². The van der Waals surface area contributed by atoms with Crippen molar-refractivity contribution in [2.24, 2.45) is 4.99 Å². The van der Waals surface area contributed by atoms with Crippen LogP contribution in [0.5, 0.6) is 0 Å². The molecule has 2 rings (SSSR count). The number of aromatic nitrogens is 1. The van der Waals surface area contributed by atoms with E-state index in [0.29, 0.717) is 17.7 Å². The van der Waals surface area contributed by atoms with Gasteiger partial charge >= 0.3 is 0 Å². The number of aliphatic imine (C=N–C) groups is 1. The molecule has 5 nitrogen and oxygen atoms in total. The van der Waals surface area contributed by atoms with Crippen LogP contribution in [0, 0.1) is 0 Å². The molecule has 160 valence electrons. The third-order valence-electron chi connectivity index (χ3n) is 4.67. The number of pyridine rings is 1. The van der Waals surface area contributed by atoms with Gasteiger partial charge in [0.05, 0.1) is 6.54 Å². The predicted molar refractivity (Wildman–Crippen MR) is 134 cm³/mol. The zero-order valence-electron chi connectivity index (χ0n) is 17.8. The Morgan fingerprint density at radius 2 is 1.86 bits per heavy atom. The van der Waals surface area contributed by atoms with E-state index in [2.05, 4.69) is 72.6 Å². The summed E-state index contributed by atoms with van der Waals surface area (Å²) >= 11 is 5.84. The molecular weight excluding hydrogens is 497 g/mol. The van der Waals surface area contributed by atoms with Gasteiger partial charge in [-0.2, -0.15) is 0 Å². The van der Waals surface area contributed by atoms with Gasteiger partial charge in [-0.25, -0.2) is 9.98 Å². The maximum Gasteiger partial charge on any atom is 0.191 e. The van der Waals surface area contributed by atoms with Gasteiger partial charge in [-0.1, -0.05) is 41.9 Å². The zero-order valence-corrected chi connectivity index (χ0v) is 20.9. The topological polar surface area (TPSA) is 52.6 Å². The molecule has 1 heterocycles. The van der Waals surface area contributed by atoms with Crippen LogP contribution in [-0.4, -0.2) is 42.0 Å². The minimum atomic E-state index is 0. The van der Waals surface area contributed by atoms with Gasteiger partial charge in [0, 0.05) is 31.9 Å². The SMILES string of the molecule is CCNC(=NCc1ccccc1CN(C)C(C)C)NCCc1ccc(Cl)nc1.I. The standard InChI is InChI=1S/C22H32ClN5.HI/c1-5-24-22(25-13-12-18-10-11-21(23)26-14-18)27-15-19-8-6-7-9-20(19)16-28(4)17(2)3;/h6-11,14,17H,5,12-13,15-16H2,1-4H3,(H2,24,25,27);1H. The number of nitrogens with zero attached hydrogens (tertiary/aromatic N) is 3. The summed E-state index contributed by atoms with van der Waals surface area (Å²) in [4.78, 5) is 11.2. The van der Waals surface area contributed by atoms with Gasteiger partial charge in [-0.15, -0.1) is 24.0 Å². The first-order valence-corrected chi connectivity index (χ1v) is 10.3. The monoisotopic (exact) mass is 529 g/mol. The Hall–Kier alpha value is -1.38. The molecule has 0 spiro atoms. The summed E-state index contributed by atoms with van der Waals surface area (Å²) in [6.45, 7) is 9.69. The molecule has 0 aliphatic heterocycles. The first-order chi connectivity index (χ1) is 13.5. The average Bonchev–Trinajstić information content (AvgIpc) is 2.68. The first-order valence-electron chi connectivity index (χ1n) is 9.89. The summed E-state index contributed by atoms with van der Waals surface area (Å²) in [5.74, 6) is 0.830. The summed E-state index contributed by atoms with van der Waals surface area (Å²) in [7, 11) is 2.15. The lowest BCUT2D eigenvalue weighted by atomic mass is 10.1. The van der Waals surface area contributed by atoms with Crippen LogP contribution in [0.2, 0.25) is 5.15 Å². The van der Waals surface area contributed by atoms with Crippen molar-refractivity contribution in [3.63, 3.8) is 0 Å². The van der Waals surface area contributed by atoms with Crippen LogP contribution in [-0.2, 0) is 19.5 Å². The van der Waals surface area contributed by atoms with Crippen molar-refractivity contribution in [1.29, 1.82) is 0 Å². The predicted octanol–water partition coefficient (Wildman–Crippen LogP) is 4.49. The zero-order chi connectivity index (χ0) is 20.4. The molecule has 0 fully saturated rings. The molecule has 0 radical (unpaired) electrons. The van der Waals surface area contributed by atoms with Gasteiger partial charge < -0.3 is 10.6 Å². The molecular formula is C22H33ClIN5. The number of hydrogen-bond acceptors (Lipinski definition) is 3. The molecule has 1 aromatic heterocycles. The first kappa shape index (κ1) is 25.7. The van der Waals surface area contributed by atoms with Crippen LogP contribution >= 0.6 is 35.6 Å². The van der Waals surface area contributed by atoms with E-state index in [1.807, 2.05) is 18.3 Å². The summed E-state index contributed by atoms with van der Waals surface area (Å²) in [5.41, 5.74) is 3.73. The molecule has 0 aliphatic carbocycles. The van der Waals surface area contributed by atoms with Crippen molar-refractivity contribution >= 4 is 41.5 Å². The van der Waals surface area contributed by atoms with Crippen LogP contribution in [0.25, 0.3) is 0 Å². The number of nitrogens with one attached hydrogen (secondary N) is 2. The van der Waals surface area contributed by atoms with E-state index in [0.717, 1.165) is 37.6 Å². The average molecular weight is 530 g/mol. The molecule has 0 saturated heterocycles. The van der Waals surface area contributed by atoms with E-state index in [1.165, 1.54) is 11.1 Å². The van der Waals surface area contributed by atoms with Crippen molar-refractivity contribution < 1.29 is 0 Å². The van der Waals surface area contributed by atoms with Gasteiger partial charge in [-0.05, 0) is 57.0 Å². The highest BCUT2D eigenvalue weighted by Crippen LogP contribution is 2.13. The Balaban J connectivity index is 0.00000420. The minimum Gasteiger partial charge on any atom is -0.357 e. The maximum absolute atomic E-state index is 5.84. The summed E-state index contributed by atoms with van der Waals surface area (Å²) in [5, 5.41) is 7.24. The highest BCUT2D eigenvalue weighted by atomic mass is 127. The van der Waals surface area contributed by atoms with E-state index in [-0.39, 0.29) is 24.0 Å². The second-order valence-electron chi connectivity index (χ2n) is 7.14. The summed E-state index contributed by atoms with van der Waals surface area (Å²) < 4.78 is 0. The molecule has 7 heteroatoms. The number of guanidine groups is 1. The lowest BCUT2D eigenvalue weighted by molar-refractivity contribution is 0.265. The van der Waals surface area contributed by atoms with Crippen LogP contribution in [0.1, 0.15) is 37.5 Å². The fraction of sp³-hybridized carbons (Fsp3) is 0.455.